The van der Waals surface area contributed by atoms with E-state index in [-0.39, 0.29) is 5.82 Å². The van der Waals surface area contributed by atoms with E-state index in [1.807, 2.05) is 4.57 Å². The third-order valence-corrected chi connectivity index (χ3v) is 6.67. The molecule has 1 N–H and O–H groups in total. The van der Waals surface area contributed by atoms with E-state index in [0.29, 0.717) is 11.2 Å². The fourth-order valence-corrected chi connectivity index (χ4v) is 4.55. The predicted octanol–water partition coefficient (Wildman–Crippen LogP) is 4.20. The minimum Gasteiger partial charge on any atom is -0.369 e. The Labute approximate surface area is 199 Å². The largest absolute Gasteiger partial charge is 0.369 e. The monoisotopic (exact) mass is 459 g/mol. The van der Waals surface area contributed by atoms with Crippen molar-refractivity contribution in [3.05, 3.63) is 72.1 Å². The molecule has 4 aromatic rings. The van der Waals surface area contributed by atoms with E-state index in [0.717, 1.165) is 57.2 Å². The molecule has 0 saturated carbocycles. The summed E-state index contributed by atoms with van der Waals surface area (Å²) < 4.78 is 15.1. The van der Waals surface area contributed by atoms with Crippen molar-refractivity contribution in [2.75, 3.05) is 49.5 Å². The number of aryl methyl sites for hydroxylation is 1. The second-order valence-electron chi connectivity index (χ2n) is 8.81. The molecule has 176 valence electrons. The molecule has 0 spiro atoms. The van der Waals surface area contributed by atoms with Crippen molar-refractivity contribution >= 4 is 22.7 Å². The molecule has 3 heterocycles. The molecule has 0 unspecified atom stereocenters. The number of anilines is 2. The standard InChI is InChI=1S/C26H30FN7/c1-19-5-3-6-23(20(19)2)33-15-13-32(14-16-33)12-4-11-28-25-24-26(30-17-29-25)34(18-31-24)22-9-7-21(27)8-10-22/h3,5-10,17-18H,4,11-16H2,1-2H3,(H,28,29,30). The van der Waals surface area contributed by atoms with Crippen molar-refractivity contribution in [2.24, 2.45) is 0 Å². The Balaban J connectivity index is 1.14. The summed E-state index contributed by atoms with van der Waals surface area (Å²) in [5, 5.41) is 3.43. The third-order valence-electron chi connectivity index (χ3n) is 6.67. The maximum atomic E-state index is 13.3. The summed E-state index contributed by atoms with van der Waals surface area (Å²) in [6.45, 7) is 10.5. The van der Waals surface area contributed by atoms with E-state index in [1.54, 1.807) is 24.8 Å². The van der Waals surface area contributed by atoms with Gasteiger partial charge in [-0.15, -0.1) is 0 Å². The van der Waals surface area contributed by atoms with E-state index in [9.17, 15) is 4.39 Å². The molecule has 0 aliphatic carbocycles. The van der Waals surface area contributed by atoms with Gasteiger partial charge < -0.3 is 10.2 Å². The maximum Gasteiger partial charge on any atom is 0.170 e. The fourth-order valence-electron chi connectivity index (χ4n) is 4.55. The molecular formula is C26H30FN7. The van der Waals surface area contributed by atoms with Crippen LogP contribution in [-0.2, 0) is 0 Å². The number of fused-ring (bicyclic) bond motifs is 1. The lowest BCUT2D eigenvalue weighted by atomic mass is 10.1. The lowest BCUT2D eigenvalue weighted by Gasteiger charge is -2.37. The van der Waals surface area contributed by atoms with Gasteiger partial charge in [0.25, 0.3) is 0 Å². The molecule has 2 aromatic carbocycles. The van der Waals surface area contributed by atoms with Crippen molar-refractivity contribution in [1.82, 2.24) is 24.4 Å². The normalized spacial score (nSPS) is 14.6. The Kier molecular flexibility index (Phi) is 6.40. The molecule has 2 aromatic heterocycles. The summed E-state index contributed by atoms with van der Waals surface area (Å²) >= 11 is 0. The first-order valence-corrected chi connectivity index (χ1v) is 11.8. The van der Waals surface area contributed by atoms with E-state index in [2.05, 4.69) is 62.1 Å². The van der Waals surface area contributed by atoms with Crippen LogP contribution in [0.5, 0.6) is 0 Å². The highest BCUT2D eigenvalue weighted by Crippen LogP contribution is 2.24. The van der Waals surface area contributed by atoms with E-state index >= 15 is 0 Å². The summed E-state index contributed by atoms with van der Waals surface area (Å²) in [6, 6.07) is 12.9. The van der Waals surface area contributed by atoms with Gasteiger partial charge in [0.05, 0.1) is 0 Å². The van der Waals surface area contributed by atoms with Gasteiger partial charge in [-0.25, -0.2) is 19.3 Å². The van der Waals surface area contributed by atoms with Crippen LogP contribution in [0.4, 0.5) is 15.9 Å². The van der Waals surface area contributed by atoms with Gasteiger partial charge in [-0.3, -0.25) is 9.47 Å². The SMILES string of the molecule is Cc1cccc(N2CCN(CCCNc3ncnc4c3ncn4-c3ccc(F)cc3)CC2)c1C. The van der Waals surface area contributed by atoms with E-state index < -0.39 is 0 Å². The molecule has 34 heavy (non-hydrogen) atoms. The highest BCUT2D eigenvalue weighted by molar-refractivity contribution is 5.83. The first-order valence-electron chi connectivity index (χ1n) is 11.8. The molecule has 8 heteroatoms. The Bertz CT molecular complexity index is 1260. The number of rotatable bonds is 7. The van der Waals surface area contributed by atoms with Crippen LogP contribution in [0.15, 0.2) is 55.1 Å². The number of nitrogens with zero attached hydrogens (tertiary/aromatic N) is 6. The molecule has 1 aliphatic heterocycles. The first kappa shape index (κ1) is 22.3. The molecular weight excluding hydrogens is 429 g/mol. The van der Waals surface area contributed by atoms with Crippen LogP contribution < -0.4 is 10.2 Å². The van der Waals surface area contributed by atoms with Crippen molar-refractivity contribution in [1.29, 1.82) is 0 Å². The van der Waals surface area contributed by atoms with Crippen LogP contribution >= 0.6 is 0 Å². The fraction of sp³-hybridized carbons (Fsp3) is 0.346. The number of piperazine rings is 1. The van der Waals surface area contributed by atoms with E-state index in [4.69, 9.17) is 0 Å². The number of benzene rings is 2. The maximum absolute atomic E-state index is 13.3. The zero-order chi connectivity index (χ0) is 23.5. The highest BCUT2D eigenvalue weighted by Gasteiger charge is 2.18. The lowest BCUT2D eigenvalue weighted by Crippen LogP contribution is -2.47. The summed E-state index contributed by atoms with van der Waals surface area (Å²) in [5.74, 6) is 0.461. The van der Waals surface area contributed by atoms with Gasteiger partial charge in [-0.2, -0.15) is 0 Å². The van der Waals surface area contributed by atoms with Crippen LogP contribution in [0.2, 0.25) is 0 Å². The molecule has 1 aliphatic rings. The Morgan fingerprint density at radius 1 is 0.941 bits per heavy atom. The van der Waals surface area contributed by atoms with Gasteiger partial charge in [0, 0.05) is 44.1 Å². The minimum absolute atomic E-state index is 0.267. The highest BCUT2D eigenvalue weighted by atomic mass is 19.1. The summed E-state index contributed by atoms with van der Waals surface area (Å²) in [6.07, 6.45) is 4.26. The molecule has 1 fully saturated rings. The van der Waals surface area contributed by atoms with Crippen molar-refractivity contribution in [2.45, 2.75) is 20.3 Å². The molecule has 0 radical (unpaired) electrons. The Morgan fingerprint density at radius 3 is 2.53 bits per heavy atom. The minimum atomic E-state index is -0.267. The Hall–Kier alpha value is -3.52. The van der Waals surface area contributed by atoms with Gasteiger partial charge >= 0.3 is 0 Å². The summed E-state index contributed by atoms with van der Waals surface area (Å²) in [4.78, 5) is 18.3. The first-order chi connectivity index (χ1) is 16.6. The quantitative estimate of drug-likeness (QED) is 0.418. The zero-order valence-corrected chi connectivity index (χ0v) is 19.7. The van der Waals surface area contributed by atoms with Crippen molar-refractivity contribution < 1.29 is 4.39 Å². The van der Waals surface area contributed by atoms with Gasteiger partial charge in [-0.1, -0.05) is 12.1 Å². The van der Waals surface area contributed by atoms with Gasteiger partial charge in [0.1, 0.15) is 18.5 Å². The van der Waals surface area contributed by atoms with Gasteiger partial charge in [0.15, 0.2) is 17.0 Å². The topological polar surface area (TPSA) is 62.1 Å². The average Bonchev–Trinajstić information content (AvgIpc) is 3.29. The van der Waals surface area contributed by atoms with Crippen LogP contribution in [0, 0.1) is 19.7 Å². The van der Waals surface area contributed by atoms with Crippen LogP contribution in [-0.4, -0.2) is 63.7 Å². The van der Waals surface area contributed by atoms with Crippen LogP contribution in [0.3, 0.4) is 0 Å². The van der Waals surface area contributed by atoms with Crippen molar-refractivity contribution in [3.8, 4) is 5.69 Å². The average molecular weight is 460 g/mol. The Morgan fingerprint density at radius 2 is 1.74 bits per heavy atom. The number of aromatic nitrogens is 4. The van der Waals surface area contributed by atoms with Crippen LogP contribution in [0.25, 0.3) is 16.9 Å². The van der Waals surface area contributed by atoms with E-state index in [1.165, 1.54) is 28.9 Å². The molecule has 0 bridgehead atoms. The summed E-state index contributed by atoms with van der Waals surface area (Å²) in [7, 11) is 0. The molecule has 5 rings (SSSR count). The summed E-state index contributed by atoms with van der Waals surface area (Å²) in [5.41, 5.74) is 6.34. The van der Waals surface area contributed by atoms with Crippen molar-refractivity contribution in [3.63, 3.8) is 0 Å². The molecule has 0 amide bonds. The zero-order valence-electron chi connectivity index (χ0n) is 19.7. The number of halogens is 1. The third kappa shape index (κ3) is 4.59. The lowest BCUT2D eigenvalue weighted by molar-refractivity contribution is 0.257. The van der Waals surface area contributed by atoms with Gasteiger partial charge in [0.2, 0.25) is 0 Å². The smallest absolute Gasteiger partial charge is 0.170 e. The predicted molar refractivity (Wildman–Crippen MR) is 134 cm³/mol. The second kappa shape index (κ2) is 9.77. The number of imidazole rings is 1. The molecule has 7 nitrogen and oxygen atoms in total. The number of nitrogens with one attached hydrogen (secondary N) is 1. The number of hydrogen-bond donors (Lipinski definition) is 1. The van der Waals surface area contributed by atoms with Gasteiger partial charge in [-0.05, 0) is 68.3 Å². The number of hydrogen-bond acceptors (Lipinski definition) is 6. The van der Waals surface area contributed by atoms with Crippen LogP contribution in [0.1, 0.15) is 17.5 Å². The molecule has 1 saturated heterocycles. The molecule has 0 atom stereocenters. The second-order valence-corrected chi connectivity index (χ2v) is 8.81.